The van der Waals surface area contributed by atoms with Crippen LogP contribution in [0.4, 0.5) is 5.69 Å². The van der Waals surface area contributed by atoms with Gasteiger partial charge in [0.05, 0.1) is 35.4 Å². The predicted octanol–water partition coefficient (Wildman–Crippen LogP) is 5.88. The first-order valence-electron chi connectivity index (χ1n) is 9.84. The van der Waals surface area contributed by atoms with Crippen LogP contribution in [0.15, 0.2) is 50.8 Å². The minimum atomic E-state index is -0.0719. The molecule has 0 unspecified atom stereocenters. The van der Waals surface area contributed by atoms with E-state index < -0.39 is 0 Å². The Balaban J connectivity index is 1.93. The number of carbonyl (C=O) groups excluding carboxylic acids is 1. The number of hydrogen-bond acceptors (Lipinski definition) is 6. The lowest BCUT2D eigenvalue weighted by Crippen LogP contribution is -2.28. The smallest absolute Gasteiger partial charge is 0.266 e. The van der Waals surface area contributed by atoms with Gasteiger partial charge in [0, 0.05) is 6.54 Å². The molecular formula is C23H25BrN2O4S. The lowest BCUT2D eigenvalue weighted by Gasteiger charge is -2.16. The number of carbonyl (C=O) groups is 1. The first-order valence-corrected chi connectivity index (χ1v) is 11.5. The van der Waals surface area contributed by atoms with Crippen molar-refractivity contribution in [1.82, 2.24) is 4.90 Å². The summed E-state index contributed by atoms with van der Waals surface area (Å²) < 4.78 is 17.3. The van der Waals surface area contributed by atoms with Gasteiger partial charge >= 0.3 is 0 Å². The normalized spacial score (nSPS) is 16.5. The van der Waals surface area contributed by atoms with Gasteiger partial charge in [0.1, 0.15) is 5.75 Å². The van der Waals surface area contributed by atoms with E-state index in [-0.39, 0.29) is 12.0 Å². The zero-order valence-electron chi connectivity index (χ0n) is 18.1. The van der Waals surface area contributed by atoms with Gasteiger partial charge in [-0.1, -0.05) is 0 Å². The molecule has 31 heavy (non-hydrogen) atoms. The Morgan fingerprint density at radius 1 is 1.16 bits per heavy atom. The molecule has 2 aromatic carbocycles. The highest BCUT2D eigenvalue weighted by Crippen LogP contribution is 2.40. The minimum Gasteiger partial charge on any atom is -0.497 e. The number of thioether (sulfide) groups is 1. The fourth-order valence-corrected chi connectivity index (χ4v) is 4.58. The van der Waals surface area contributed by atoms with E-state index >= 15 is 0 Å². The average molecular weight is 505 g/mol. The van der Waals surface area contributed by atoms with Gasteiger partial charge in [-0.15, -0.1) is 0 Å². The molecule has 0 aliphatic carbocycles. The molecule has 6 nitrogen and oxygen atoms in total. The monoisotopic (exact) mass is 504 g/mol. The van der Waals surface area contributed by atoms with Crippen molar-refractivity contribution in [2.45, 2.75) is 26.9 Å². The molecule has 8 heteroatoms. The Morgan fingerprint density at radius 3 is 2.45 bits per heavy atom. The highest BCUT2D eigenvalue weighted by molar-refractivity contribution is 9.10. The zero-order valence-corrected chi connectivity index (χ0v) is 20.5. The number of nitrogens with zero attached hydrogens (tertiary/aromatic N) is 2. The third-order valence-corrected chi connectivity index (χ3v) is 6.00. The Hall–Kier alpha value is -2.45. The van der Waals surface area contributed by atoms with E-state index in [1.54, 1.807) is 19.1 Å². The van der Waals surface area contributed by atoms with Crippen LogP contribution in [0.3, 0.4) is 0 Å². The van der Waals surface area contributed by atoms with Crippen LogP contribution in [0.25, 0.3) is 6.08 Å². The van der Waals surface area contributed by atoms with Crippen molar-refractivity contribution in [1.29, 1.82) is 0 Å². The molecule has 0 aromatic heterocycles. The second-order valence-corrected chi connectivity index (χ2v) is 8.82. The van der Waals surface area contributed by atoms with Crippen LogP contribution in [-0.4, -0.2) is 42.8 Å². The number of rotatable bonds is 7. The lowest BCUT2D eigenvalue weighted by molar-refractivity contribution is -0.122. The Kier molecular flexibility index (Phi) is 7.67. The van der Waals surface area contributed by atoms with Gasteiger partial charge in [-0.3, -0.25) is 9.69 Å². The average Bonchev–Trinajstić information content (AvgIpc) is 3.03. The van der Waals surface area contributed by atoms with Crippen molar-refractivity contribution in [3.05, 3.63) is 51.3 Å². The van der Waals surface area contributed by atoms with Gasteiger partial charge in [-0.05, 0) is 96.5 Å². The third kappa shape index (κ3) is 5.43. The maximum atomic E-state index is 13.0. The van der Waals surface area contributed by atoms with Crippen molar-refractivity contribution in [3.8, 4) is 17.2 Å². The van der Waals surface area contributed by atoms with Crippen molar-refractivity contribution in [2.24, 2.45) is 4.99 Å². The van der Waals surface area contributed by atoms with Crippen molar-refractivity contribution in [3.63, 3.8) is 0 Å². The van der Waals surface area contributed by atoms with Gasteiger partial charge in [-0.25, -0.2) is 4.99 Å². The number of ether oxygens (including phenoxy) is 3. The topological polar surface area (TPSA) is 60.4 Å². The second kappa shape index (κ2) is 10.2. The van der Waals surface area contributed by atoms with E-state index in [4.69, 9.17) is 14.2 Å². The van der Waals surface area contributed by atoms with Gasteiger partial charge in [0.15, 0.2) is 16.7 Å². The largest absolute Gasteiger partial charge is 0.497 e. The summed E-state index contributed by atoms with van der Waals surface area (Å²) >= 11 is 4.91. The predicted molar refractivity (Wildman–Crippen MR) is 130 cm³/mol. The summed E-state index contributed by atoms with van der Waals surface area (Å²) in [7, 11) is 3.22. The Labute approximate surface area is 195 Å². The maximum Gasteiger partial charge on any atom is 0.266 e. The van der Waals surface area contributed by atoms with Crippen LogP contribution in [-0.2, 0) is 4.79 Å². The Bertz CT molecular complexity index is 1020. The van der Waals surface area contributed by atoms with E-state index in [1.807, 2.05) is 63.2 Å². The van der Waals surface area contributed by atoms with Gasteiger partial charge in [0.25, 0.3) is 5.91 Å². The highest BCUT2D eigenvalue weighted by Gasteiger charge is 2.32. The summed E-state index contributed by atoms with van der Waals surface area (Å²) in [5.74, 6) is 1.93. The van der Waals surface area contributed by atoms with E-state index in [1.165, 1.54) is 11.8 Å². The van der Waals surface area contributed by atoms with Crippen LogP contribution in [0, 0.1) is 0 Å². The summed E-state index contributed by atoms with van der Waals surface area (Å²) in [6.45, 7) is 6.38. The first-order chi connectivity index (χ1) is 14.9. The molecule has 3 rings (SSSR count). The SMILES string of the molecule is CCN1C(=O)/C(=C\c2cc(Br)c(OC(C)C)c(OC)c2)SC1=Nc1ccc(OC)cc1. The van der Waals surface area contributed by atoms with Crippen LogP contribution < -0.4 is 14.2 Å². The number of amides is 1. The molecular weight excluding hydrogens is 480 g/mol. The molecule has 164 valence electrons. The second-order valence-electron chi connectivity index (χ2n) is 6.95. The molecule has 1 heterocycles. The number of benzene rings is 2. The van der Waals surface area contributed by atoms with Crippen LogP contribution >= 0.6 is 27.7 Å². The summed E-state index contributed by atoms with van der Waals surface area (Å²) in [4.78, 5) is 19.9. The number of amidine groups is 1. The van der Waals surface area contributed by atoms with E-state index in [0.29, 0.717) is 28.1 Å². The molecule has 0 N–H and O–H groups in total. The summed E-state index contributed by atoms with van der Waals surface area (Å²) in [6, 6.07) is 11.2. The molecule has 0 atom stereocenters. The number of hydrogen-bond donors (Lipinski definition) is 0. The molecule has 1 fully saturated rings. The van der Waals surface area contributed by atoms with Crippen molar-refractivity contribution >= 4 is 50.5 Å². The molecule has 2 aromatic rings. The Morgan fingerprint density at radius 2 is 1.87 bits per heavy atom. The number of aliphatic imine (C=N–C) groups is 1. The highest BCUT2D eigenvalue weighted by atomic mass is 79.9. The molecule has 1 saturated heterocycles. The quantitative estimate of drug-likeness (QED) is 0.440. The minimum absolute atomic E-state index is 0.0104. The molecule has 0 bridgehead atoms. The van der Waals surface area contributed by atoms with Gasteiger partial charge in [0.2, 0.25) is 0 Å². The number of halogens is 1. The van der Waals surface area contributed by atoms with Gasteiger partial charge < -0.3 is 14.2 Å². The molecule has 0 spiro atoms. The fourth-order valence-electron chi connectivity index (χ4n) is 2.96. The van der Waals surface area contributed by atoms with Crippen LogP contribution in [0.1, 0.15) is 26.3 Å². The van der Waals surface area contributed by atoms with E-state index in [0.717, 1.165) is 21.5 Å². The van der Waals surface area contributed by atoms with E-state index in [2.05, 4.69) is 20.9 Å². The molecule has 1 amide bonds. The first kappa shape index (κ1) is 23.2. The standard InChI is InChI=1S/C23H25BrN2O4S/c1-6-26-22(27)20(31-23(26)25-16-7-9-17(28-4)10-8-16)13-15-11-18(24)21(30-14(2)3)19(12-15)29-5/h7-14H,6H2,1-5H3/b20-13+,25-23?. The molecule has 1 aliphatic rings. The number of likely N-dealkylation sites (N-methyl/N-ethyl adjacent to an activating group) is 1. The van der Waals surface area contributed by atoms with Crippen LogP contribution in [0.2, 0.25) is 0 Å². The summed E-state index contributed by atoms with van der Waals surface area (Å²) in [5.41, 5.74) is 1.59. The fraction of sp³-hybridized carbons (Fsp3) is 0.304. The van der Waals surface area contributed by atoms with Crippen molar-refractivity contribution in [2.75, 3.05) is 20.8 Å². The van der Waals surface area contributed by atoms with Crippen molar-refractivity contribution < 1.29 is 19.0 Å². The maximum absolute atomic E-state index is 13.0. The number of methoxy groups -OCH3 is 2. The molecule has 1 aliphatic heterocycles. The summed E-state index contributed by atoms with van der Waals surface area (Å²) in [5, 5.41) is 0.648. The van der Waals surface area contributed by atoms with Gasteiger partial charge in [-0.2, -0.15) is 0 Å². The van der Waals surface area contributed by atoms with Crippen LogP contribution in [0.5, 0.6) is 17.2 Å². The molecule has 0 saturated carbocycles. The molecule has 0 radical (unpaired) electrons. The third-order valence-electron chi connectivity index (χ3n) is 4.40. The lowest BCUT2D eigenvalue weighted by atomic mass is 10.1. The van der Waals surface area contributed by atoms with E-state index in [9.17, 15) is 4.79 Å². The summed E-state index contributed by atoms with van der Waals surface area (Å²) in [6.07, 6.45) is 1.86. The zero-order chi connectivity index (χ0) is 22.5.